The Morgan fingerprint density at radius 3 is 2.06 bits per heavy atom. The molecule has 0 heterocycles. The normalized spacial score (nSPS) is 12.9. The number of rotatable bonds is 12. The summed E-state index contributed by atoms with van der Waals surface area (Å²) in [5.74, 6) is 0.860. The van der Waals surface area contributed by atoms with Gasteiger partial charge in [0.05, 0.1) is 0 Å². The van der Waals surface area contributed by atoms with E-state index < -0.39 is 10.8 Å². The second kappa shape index (κ2) is 13.2. The lowest BCUT2D eigenvalue weighted by molar-refractivity contribution is 0.563. The summed E-state index contributed by atoms with van der Waals surface area (Å²) in [5, 5.41) is 3.45. The first-order valence-electron chi connectivity index (χ1n) is 6.78. The van der Waals surface area contributed by atoms with Gasteiger partial charge in [-0.15, -0.1) is 0 Å². The molecule has 3 heteroatoms. The molecule has 0 aromatic heterocycles. The van der Waals surface area contributed by atoms with Gasteiger partial charge in [-0.1, -0.05) is 39.0 Å². The molecule has 0 aliphatic carbocycles. The molecule has 0 saturated carbocycles. The highest BCUT2D eigenvalue weighted by atomic mass is 32.2. The Balaban J connectivity index is 2.90. The molecule has 0 aliphatic rings. The molecule has 98 valence electrons. The predicted octanol–water partition coefficient (Wildman–Crippen LogP) is 3.10. The second-order valence-corrected chi connectivity index (χ2v) is 6.06. The Bertz CT molecular complexity index is 162. The second-order valence-electron chi connectivity index (χ2n) is 4.50. The molecule has 0 radical (unpaired) electrons. The fraction of sp³-hybridized carbons (Fsp3) is 1.00. The van der Waals surface area contributed by atoms with E-state index in [1.165, 1.54) is 38.5 Å². The average molecular weight is 247 g/mol. The summed E-state index contributed by atoms with van der Waals surface area (Å²) in [7, 11) is -0.607. The van der Waals surface area contributed by atoms with Gasteiger partial charge in [0, 0.05) is 22.8 Å². The highest BCUT2D eigenvalue weighted by Gasteiger charge is 1.93. The minimum Gasteiger partial charge on any atom is -0.317 e. The molecule has 0 bridgehead atoms. The van der Waals surface area contributed by atoms with Gasteiger partial charge in [0.2, 0.25) is 0 Å². The van der Waals surface area contributed by atoms with Crippen LogP contribution in [0.2, 0.25) is 0 Å². The van der Waals surface area contributed by atoms with Gasteiger partial charge in [0.25, 0.3) is 0 Å². The van der Waals surface area contributed by atoms with E-state index >= 15 is 0 Å². The first-order chi connectivity index (χ1) is 7.77. The molecule has 0 saturated heterocycles. The van der Waals surface area contributed by atoms with Crippen LogP contribution in [0.25, 0.3) is 0 Å². The van der Waals surface area contributed by atoms with E-state index in [9.17, 15) is 4.21 Å². The van der Waals surface area contributed by atoms with Crippen LogP contribution < -0.4 is 5.32 Å². The van der Waals surface area contributed by atoms with Gasteiger partial charge in [-0.2, -0.15) is 0 Å². The summed E-state index contributed by atoms with van der Waals surface area (Å²) < 4.78 is 10.8. The van der Waals surface area contributed by atoms with Gasteiger partial charge in [0.15, 0.2) is 0 Å². The zero-order chi connectivity index (χ0) is 12.1. The molecule has 0 fully saturated rings. The Morgan fingerprint density at radius 1 is 0.875 bits per heavy atom. The Hall–Kier alpha value is 0.110. The highest BCUT2D eigenvalue weighted by molar-refractivity contribution is 7.84. The van der Waals surface area contributed by atoms with Crippen LogP contribution in [-0.2, 0) is 10.8 Å². The average Bonchev–Trinajstić information content (AvgIpc) is 2.25. The number of unbranched alkanes of at least 4 members (excludes halogenated alkanes) is 6. The number of nitrogens with one attached hydrogen (secondary N) is 1. The molecular formula is C13H29NOS. The lowest BCUT2D eigenvalue weighted by atomic mass is 10.1. The van der Waals surface area contributed by atoms with Crippen molar-refractivity contribution < 1.29 is 4.21 Å². The van der Waals surface area contributed by atoms with Crippen molar-refractivity contribution >= 4 is 10.8 Å². The molecule has 0 spiro atoms. The Kier molecular flexibility index (Phi) is 13.3. The molecule has 0 aromatic rings. The van der Waals surface area contributed by atoms with Crippen LogP contribution >= 0.6 is 0 Å². The quantitative estimate of drug-likeness (QED) is 0.537. The van der Waals surface area contributed by atoms with Gasteiger partial charge in [-0.05, 0) is 32.4 Å². The monoisotopic (exact) mass is 247 g/mol. The minimum absolute atomic E-state index is 0.607. The van der Waals surface area contributed by atoms with Crippen LogP contribution in [0, 0.1) is 0 Å². The van der Waals surface area contributed by atoms with Crippen LogP contribution in [0.3, 0.4) is 0 Å². The number of hydrogen-bond acceptors (Lipinski definition) is 2. The summed E-state index contributed by atoms with van der Waals surface area (Å²) >= 11 is 0. The van der Waals surface area contributed by atoms with Crippen LogP contribution in [0.15, 0.2) is 0 Å². The van der Waals surface area contributed by atoms with Crippen molar-refractivity contribution in [3.05, 3.63) is 0 Å². The zero-order valence-corrected chi connectivity index (χ0v) is 11.9. The molecule has 2 nitrogen and oxygen atoms in total. The summed E-state index contributed by atoms with van der Waals surface area (Å²) in [5.41, 5.74) is 0. The van der Waals surface area contributed by atoms with E-state index in [-0.39, 0.29) is 0 Å². The molecule has 1 unspecified atom stereocenters. The van der Waals surface area contributed by atoms with Gasteiger partial charge in [0.1, 0.15) is 0 Å². The van der Waals surface area contributed by atoms with Crippen LogP contribution in [0.5, 0.6) is 0 Å². The molecule has 1 N–H and O–H groups in total. The molecule has 0 amide bonds. The van der Waals surface area contributed by atoms with Crippen molar-refractivity contribution in [3.8, 4) is 0 Å². The predicted molar refractivity (Wildman–Crippen MR) is 74.4 cm³/mol. The first-order valence-corrected chi connectivity index (χ1v) is 8.50. The van der Waals surface area contributed by atoms with Crippen molar-refractivity contribution in [2.24, 2.45) is 0 Å². The molecule has 0 aliphatic heterocycles. The molecule has 0 rings (SSSR count). The fourth-order valence-corrected chi connectivity index (χ4v) is 2.32. The van der Waals surface area contributed by atoms with Gasteiger partial charge >= 0.3 is 0 Å². The van der Waals surface area contributed by atoms with Crippen LogP contribution in [-0.4, -0.2) is 29.3 Å². The van der Waals surface area contributed by atoms with Crippen molar-refractivity contribution in [2.75, 3.05) is 25.1 Å². The van der Waals surface area contributed by atoms with E-state index in [2.05, 4.69) is 12.2 Å². The van der Waals surface area contributed by atoms with E-state index in [0.29, 0.717) is 0 Å². The third-order valence-corrected chi connectivity index (χ3v) is 3.61. The van der Waals surface area contributed by atoms with Gasteiger partial charge in [-0.3, -0.25) is 4.21 Å². The third kappa shape index (κ3) is 14.1. The van der Waals surface area contributed by atoms with E-state index in [0.717, 1.165) is 31.7 Å². The van der Waals surface area contributed by atoms with E-state index in [1.807, 2.05) is 0 Å². The number of hydrogen-bond donors (Lipinski definition) is 1. The van der Waals surface area contributed by atoms with Gasteiger partial charge in [-0.25, -0.2) is 0 Å². The largest absolute Gasteiger partial charge is 0.317 e. The molecule has 1 atom stereocenters. The first kappa shape index (κ1) is 16.1. The molecule has 16 heavy (non-hydrogen) atoms. The summed E-state index contributed by atoms with van der Waals surface area (Å²) in [4.78, 5) is 0. The van der Waals surface area contributed by atoms with Crippen molar-refractivity contribution in [1.29, 1.82) is 0 Å². The maximum absolute atomic E-state index is 10.8. The standard InChI is InChI=1S/C13H29NOS/c1-3-4-5-6-7-8-11-14-12-9-10-13-16(2)15/h14H,3-13H2,1-2H3. The summed E-state index contributed by atoms with van der Waals surface area (Å²) in [6.07, 6.45) is 12.2. The SMILES string of the molecule is CCCCCCCCNCCCCS(C)=O. The Labute approximate surface area is 104 Å². The van der Waals surface area contributed by atoms with Gasteiger partial charge < -0.3 is 5.32 Å². The topological polar surface area (TPSA) is 29.1 Å². The smallest absolute Gasteiger partial charge is 0.0232 e. The fourth-order valence-electron chi connectivity index (χ4n) is 1.71. The summed E-state index contributed by atoms with van der Waals surface area (Å²) in [6.45, 7) is 4.50. The minimum atomic E-state index is -0.607. The van der Waals surface area contributed by atoms with E-state index in [4.69, 9.17) is 0 Å². The maximum Gasteiger partial charge on any atom is 0.0232 e. The van der Waals surface area contributed by atoms with Crippen LogP contribution in [0.4, 0.5) is 0 Å². The highest BCUT2D eigenvalue weighted by Crippen LogP contribution is 2.03. The molecular weight excluding hydrogens is 218 g/mol. The van der Waals surface area contributed by atoms with Crippen molar-refractivity contribution in [2.45, 2.75) is 58.3 Å². The van der Waals surface area contributed by atoms with Crippen LogP contribution in [0.1, 0.15) is 58.3 Å². The Morgan fingerprint density at radius 2 is 1.44 bits per heavy atom. The lowest BCUT2D eigenvalue weighted by Gasteiger charge is -2.04. The van der Waals surface area contributed by atoms with Crippen molar-refractivity contribution in [1.82, 2.24) is 5.32 Å². The van der Waals surface area contributed by atoms with Crippen molar-refractivity contribution in [3.63, 3.8) is 0 Å². The zero-order valence-electron chi connectivity index (χ0n) is 11.1. The molecule has 0 aromatic carbocycles. The summed E-state index contributed by atoms with van der Waals surface area (Å²) in [6, 6.07) is 0. The van der Waals surface area contributed by atoms with E-state index in [1.54, 1.807) is 6.26 Å². The maximum atomic E-state index is 10.8. The lowest BCUT2D eigenvalue weighted by Crippen LogP contribution is -2.17. The third-order valence-electron chi connectivity index (χ3n) is 2.74.